The first-order valence-corrected chi connectivity index (χ1v) is 9.41. The number of nitrogens with two attached hydrogens (primary N) is 1. The predicted molar refractivity (Wildman–Crippen MR) is 98.9 cm³/mol. The van der Waals surface area contributed by atoms with Gasteiger partial charge in [0.15, 0.2) is 0 Å². The highest BCUT2D eigenvalue weighted by Gasteiger charge is 2.36. The van der Waals surface area contributed by atoms with Crippen LogP contribution in [0, 0.1) is 6.92 Å². The maximum absolute atomic E-state index is 6.07. The van der Waals surface area contributed by atoms with Gasteiger partial charge in [0.05, 0.1) is 11.7 Å². The van der Waals surface area contributed by atoms with E-state index in [9.17, 15) is 0 Å². The van der Waals surface area contributed by atoms with Gasteiger partial charge in [0.25, 0.3) is 0 Å². The third kappa shape index (κ3) is 2.84. The van der Waals surface area contributed by atoms with Crippen LogP contribution in [0.5, 0.6) is 5.75 Å². The van der Waals surface area contributed by atoms with Crippen LogP contribution in [0.25, 0.3) is 0 Å². The van der Waals surface area contributed by atoms with E-state index in [2.05, 4.69) is 34.6 Å². The molecule has 3 aliphatic heterocycles. The molecule has 0 bridgehead atoms. The minimum absolute atomic E-state index is 0.470. The molecule has 1 atom stereocenters. The molecule has 0 amide bonds. The fraction of sp³-hybridized carbons (Fsp3) is 0.684. The fourth-order valence-corrected chi connectivity index (χ4v) is 4.69. The van der Waals surface area contributed by atoms with Crippen molar-refractivity contribution in [2.75, 3.05) is 56.5 Å². The minimum atomic E-state index is 0.470. The van der Waals surface area contributed by atoms with E-state index in [1.54, 1.807) is 0 Å². The van der Waals surface area contributed by atoms with Gasteiger partial charge in [0.2, 0.25) is 0 Å². The SMILES string of the molecule is CCN1CCC(N2CCN3c4c(C)cc(N)cc4OC[C@@H]3C2)CC1. The zero-order valence-corrected chi connectivity index (χ0v) is 15.0. The summed E-state index contributed by atoms with van der Waals surface area (Å²) in [6.45, 7) is 12.3. The number of fused-ring (bicyclic) bond motifs is 3. The van der Waals surface area contributed by atoms with E-state index in [4.69, 9.17) is 10.5 Å². The number of piperidine rings is 1. The highest BCUT2D eigenvalue weighted by molar-refractivity contribution is 5.70. The van der Waals surface area contributed by atoms with Crippen molar-refractivity contribution in [3.05, 3.63) is 17.7 Å². The van der Waals surface area contributed by atoms with Gasteiger partial charge in [0.1, 0.15) is 12.4 Å². The molecule has 0 radical (unpaired) electrons. The van der Waals surface area contributed by atoms with E-state index in [0.717, 1.165) is 43.7 Å². The lowest BCUT2D eigenvalue weighted by molar-refractivity contribution is 0.0810. The lowest BCUT2D eigenvalue weighted by Crippen LogP contribution is -2.60. The van der Waals surface area contributed by atoms with Crippen molar-refractivity contribution >= 4 is 11.4 Å². The first-order valence-electron chi connectivity index (χ1n) is 9.41. The maximum atomic E-state index is 6.07. The van der Waals surface area contributed by atoms with Crippen molar-refractivity contribution in [3.8, 4) is 5.75 Å². The normalized spacial score (nSPS) is 25.9. The van der Waals surface area contributed by atoms with Crippen LogP contribution in [0.3, 0.4) is 0 Å². The van der Waals surface area contributed by atoms with Gasteiger partial charge >= 0.3 is 0 Å². The molecule has 0 unspecified atom stereocenters. The number of aryl methyl sites for hydroxylation is 1. The van der Waals surface area contributed by atoms with Gasteiger partial charge in [0, 0.05) is 37.4 Å². The average molecular weight is 330 g/mol. The largest absolute Gasteiger partial charge is 0.489 e. The zero-order chi connectivity index (χ0) is 16.7. The van der Waals surface area contributed by atoms with Crippen molar-refractivity contribution in [3.63, 3.8) is 0 Å². The van der Waals surface area contributed by atoms with Crippen molar-refractivity contribution in [2.45, 2.75) is 38.8 Å². The van der Waals surface area contributed by atoms with Crippen molar-refractivity contribution < 1.29 is 4.74 Å². The van der Waals surface area contributed by atoms with Crippen molar-refractivity contribution in [1.82, 2.24) is 9.80 Å². The van der Waals surface area contributed by atoms with E-state index < -0.39 is 0 Å². The van der Waals surface area contributed by atoms with Crippen LogP contribution in [-0.2, 0) is 0 Å². The van der Waals surface area contributed by atoms with Crippen LogP contribution in [0.1, 0.15) is 25.3 Å². The molecule has 0 saturated carbocycles. The monoisotopic (exact) mass is 330 g/mol. The van der Waals surface area contributed by atoms with Gasteiger partial charge in [-0.25, -0.2) is 0 Å². The number of rotatable bonds is 2. The number of likely N-dealkylation sites (tertiary alicyclic amines) is 1. The molecule has 1 aromatic carbocycles. The lowest BCUT2D eigenvalue weighted by atomic mass is 9.99. The van der Waals surface area contributed by atoms with Crippen LogP contribution < -0.4 is 15.4 Å². The minimum Gasteiger partial charge on any atom is -0.489 e. The average Bonchev–Trinajstić information content (AvgIpc) is 2.60. The number of ether oxygens (including phenoxy) is 1. The molecule has 4 rings (SSSR count). The van der Waals surface area contributed by atoms with Gasteiger partial charge in [-0.1, -0.05) is 6.92 Å². The summed E-state index contributed by atoms with van der Waals surface area (Å²) in [4.78, 5) is 7.85. The molecule has 0 aliphatic carbocycles. The molecule has 5 nitrogen and oxygen atoms in total. The van der Waals surface area contributed by atoms with Gasteiger partial charge in [-0.05, 0) is 51.0 Å². The summed E-state index contributed by atoms with van der Waals surface area (Å²) in [6.07, 6.45) is 2.63. The summed E-state index contributed by atoms with van der Waals surface area (Å²) in [7, 11) is 0. The third-order valence-corrected chi connectivity index (χ3v) is 6.04. The van der Waals surface area contributed by atoms with E-state index in [1.807, 2.05) is 6.07 Å². The Kier molecular flexibility index (Phi) is 4.31. The zero-order valence-electron chi connectivity index (χ0n) is 15.0. The van der Waals surface area contributed by atoms with E-state index >= 15 is 0 Å². The molecule has 0 aromatic heterocycles. The van der Waals surface area contributed by atoms with Crippen LogP contribution in [0.4, 0.5) is 11.4 Å². The summed E-state index contributed by atoms with van der Waals surface area (Å²) >= 11 is 0. The number of nitrogens with zero attached hydrogens (tertiary/aromatic N) is 3. The number of hydrogen-bond acceptors (Lipinski definition) is 5. The maximum Gasteiger partial charge on any atom is 0.145 e. The molecule has 1 aromatic rings. The van der Waals surface area contributed by atoms with Crippen LogP contribution in [0.15, 0.2) is 12.1 Å². The Balaban J connectivity index is 1.46. The second kappa shape index (κ2) is 6.45. The highest BCUT2D eigenvalue weighted by atomic mass is 16.5. The fourth-order valence-electron chi connectivity index (χ4n) is 4.69. The number of hydrogen-bond donors (Lipinski definition) is 1. The molecule has 3 heterocycles. The van der Waals surface area contributed by atoms with Crippen LogP contribution >= 0.6 is 0 Å². The van der Waals surface area contributed by atoms with Crippen molar-refractivity contribution in [2.24, 2.45) is 0 Å². The Hall–Kier alpha value is -1.46. The molecular weight excluding hydrogens is 300 g/mol. The van der Waals surface area contributed by atoms with Crippen LogP contribution in [0.2, 0.25) is 0 Å². The summed E-state index contributed by atoms with van der Waals surface area (Å²) in [5, 5.41) is 0. The van der Waals surface area contributed by atoms with E-state index in [0.29, 0.717) is 6.04 Å². The Morgan fingerprint density at radius 2 is 1.92 bits per heavy atom. The highest BCUT2D eigenvalue weighted by Crippen LogP contribution is 2.40. The predicted octanol–water partition coefficient (Wildman–Crippen LogP) is 1.94. The Morgan fingerprint density at radius 3 is 2.67 bits per heavy atom. The van der Waals surface area contributed by atoms with Crippen molar-refractivity contribution in [1.29, 1.82) is 0 Å². The number of piperazine rings is 1. The molecule has 24 heavy (non-hydrogen) atoms. The third-order valence-electron chi connectivity index (χ3n) is 6.04. The number of nitrogen functional groups attached to an aromatic ring is 1. The Bertz CT molecular complexity index is 597. The Morgan fingerprint density at radius 1 is 1.12 bits per heavy atom. The second-order valence-electron chi connectivity index (χ2n) is 7.50. The van der Waals surface area contributed by atoms with Gasteiger partial charge < -0.3 is 20.3 Å². The van der Waals surface area contributed by atoms with Gasteiger partial charge in [-0.15, -0.1) is 0 Å². The molecule has 3 aliphatic rings. The quantitative estimate of drug-likeness (QED) is 0.840. The topological polar surface area (TPSA) is 45.0 Å². The van der Waals surface area contributed by atoms with Gasteiger partial charge in [-0.2, -0.15) is 0 Å². The molecule has 2 N–H and O–H groups in total. The second-order valence-corrected chi connectivity index (χ2v) is 7.50. The lowest BCUT2D eigenvalue weighted by Gasteiger charge is -2.49. The van der Waals surface area contributed by atoms with E-state index in [-0.39, 0.29) is 0 Å². The number of anilines is 2. The molecule has 132 valence electrons. The smallest absolute Gasteiger partial charge is 0.145 e. The standard InChI is InChI=1S/C19H30N4O/c1-3-21-6-4-16(5-7-21)22-8-9-23-17(12-22)13-24-18-11-15(20)10-14(2)19(18)23/h10-11,16-17H,3-9,12-13,20H2,1-2H3/t17-/m0/s1. The molecule has 5 heteroatoms. The van der Waals surface area contributed by atoms with Gasteiger partial charge in [-0.3, -0.25) is 4.90 Å². The Labute approximate surface area is 145 Å². The van der Waals surface area contributed by atoms with E-state index in [1.165, 1.54) is 43.7 Å². The summed E-state index contributed by atoms with van der Waals surface area (Å²) in [5.41, 5.74) is 9.28. The molecule has 2 fully saturated rings. The molecule has 0 spiro atoms. The molecule has 2 saturated heterocycles. The molecular formula is C19H30N4O. The summed E-state index contributed by atoms with van der Waals surface area (Å²) in [6, 6.07) is 5.27. The summed E-state index contributed by atoms with van der Waals surface area (Å²) in [5.74, 6) is 0.966. The first kappa shape index (κ1) is 16.0. The van der Waals surface area contributed by atoms with Crippen LogP contribution in [-0.4, -0.2) is 67.8 Å². The summed E-state index contributed by atoms with van der Waals surface area (Å²) < 4.78 is 6.07. The first-order chi connectivity index (χ1) is 11.7. The number of benzene rings is 1.